The first-order valence-electron chi connectivity index (χ1n) is 8.57. The first-order chi connectivity index (χ1) is 12.7. The number of fused-ring (bicyclic) bond motifs is 1. The van der Waals surface area contributed by atoms with E-state index < -0.39 is 0 Å². The molecule has 3 aromatic carbocycles. The van der Waals surface area contributed by atoms with Gasteiger partial charge >= 0.3 is 0 Å². The Balaban J connectivity index is 1.93. The van der Waals surface area contributed by atoms with Crippen LogP contribution in [0.15, 0.2) is 66.7 Å². The van der Waals surface area contributed by atoms with Gasteiger partial charge in [-0.05, 0) is 41.8 Å². The fourth-order valence-electron chi connectivity index (χ4n) is 3.47. The van der Waals surface area contributed by atoms with E-state index in [2.05, 4.69) is 12.1 Å². The van der Waals surface area contributed by atoms with E-state index in [4.69, 9.17) is 5.10 Å². The molecule has 1 heterocycles. The molecule has 0 aliphatic rings. The Morgan fingerprint density at radius 1 is 1.00 bits per heavy atom. The number of benzene rings is 3. The Hall–Kier alpha value is -2.98. The smallest absolute Gasteiger partial charge is 0.123 e. The van der Waals surface area contributed by atoms with Crippen molar-refractivity contribution in [2.24, 2.45) is 0 Å². The molecule has 0 unspecified atom stereocenters. The maximum absolute atomic E-state index is 13.8. The van der Waals surface area contributed by atoms with E-state index in [0.29, 0.717) is 12.1 Å². The molecular formula is C22H19FN2O. The summed E-state index contributed by atoms with van der Waals surface area (Å²) in [6.45, 7) is 2.27. The first-order valence-corrected chi connectivity index (χ1v) is 8.57. The molecule has 3 nitrogen and oxygen atoms in total. The van der Waals surface area contributed by atoms with Crippen molar-refractivity contribution in [3.63, 3.8) is 0 Å². The molecule has 0 atom stereocenters. The Bertz CT molecular complexity index is 1070. The minimum atomic E-state index is -0.344. The highest BCUT2D eigenvalue weighted by Crippen LogP contribution is 2.33. The van der Waals surface area contributed by atoms with Crippen LogP contribution in [0.25, 0.3) is 22.2 Å². The van der Waals surface area contributed by atoms with Gasteiger partial charge in [0, 0.05) is 10.9 Å². The molecule has 4 heteroatoms. The van der Waals surface area contributed by atoms with Gasteiger partial charge in [0.2, 0.25) is 0 Å². The summed E-state index contributed by atoms with van der Waals surface area (Å²) >= 11 is 0. The lowest BCUT2D eigenvalue weighted by molar-refractivity contribution is 0.281. The number of halogens is 1. The highest BCUT2D eigenvalue weighted by atomic mass is 19.1. The van der Waals surface area contributed by atoms with Crippen LogP contribution in [0.5, 0.6) is 0 Å². The van der Waals surface area contributed by atoms with Gasteiger partial charge in [-0.3, -0.25) is 4.68 Å². The van der Waals surface area contributed by atoms with Crippen LogP contribution in [0.4, 0.5) is 4.39 Å². The van der Waals surface area contributed by atoms with Crippen molar-refractivity contribution in [2.45, 2.75) is 20.1 Å². The third-order valence-electron chi connectivity index (χ3n) is 4.62. The minimum Gasteiger partial charge on any atom is -0.392 e. The van der Waals surface area contributed by atoms with Crippen molar-refractivity contribution in [3.05, 3.63) is 89.2 Å². The van der Waals surface area contributed by atoms with Gasteiger partial charge < -0.3 is 5.11 Å². The van der Waals surface area contributed by atoms with E-state index in [-0.39, 0.29) is 12.4 Å². The summed E-state index contributed by atoms with van der Waals surface area (Å²) in [5.41, 5.74) is 5.07. The van der Waals surface area contributed by atoms with Crippen LogP contribution >= 0.6 is 0 Å². The molecule has 4 aromatic rings. The number of aromatic nitrogens is 2. The average Bonchev–Trinajstić information content (AvgIpc) is 3.00. The number of rotatable bonds is 4. The van der Waals surface area contributed by atoms with Crippen molar-refractivity contribution in [1.29, 1.82) is 0 Å². The maximum Gasteiger partial charge on any atom is 0.123 e. The third kappa shape index (κ3) is 2.89. The highest BCUT2D eigenvalue weighted by molar-refractivity contribution is 5.95. The topological polar surface area (TPSA) is 38.1 Å². The van der Waals surface area contributed by atoms with E-state index in [9.17, 15) is 9.50 Å². The first kappa shape index (κ1) is 16.5. The number of hydrogen-bond donors (Lipinski definition) is 1. The van der Waals surface area contributed by atoms with Gasteiger partial charge in [-0.25, -0.2) is 4.39 Å². The molecule has 1 N–H and O–H groups in total. The Kier molecular flexibility index (Phi) is 4.27. The fourth-order valence-corrected chi connectivity index (χ4v) is 3.47. The summed E-state index contributed by atoms with van der Waals surface area (Å²) < 4.78 is 15.7. The second-order valence-electron chi connectivity index (χ2n) is 6.42. The minimum absolute atomic E-state index is 0.228. The molecule has 0 aliphatic heterocycles. The average molecular weight is 346 g/mol. The molecular weight excluding hydrogens is 327 g/mol. The third-order valence-corrected chi connectivity index (χ3v) is 4.62. The van der Waals surface area contributed by atoms with Crippen molar-refractivity contribution >= 4 is 10.9 Å². The molecule has 0 aliphatic carbocycles. The summed E-state index contributed by atoms with van der Waals surface area (Å²) in [7, 11) is 0. The molecule has 0 amide bonds. The van der Waals surface area contributed by atoms with Crippen LogP contribution in [0.1, 0.15) is 16.7 Å². The molecule has 0 fully saturated rings. The second-order valence-corrected chi connectivity index (χ2v) is 6.42. The SMILES string of the molecule is Cc1cc(F)cc(CO)c1-c1nn(Cc2ccccc2)c2ccccc12. The van der Waals surface area contributed by atoms with Crippen LogP contribution in [0.3, 0.4) is 0 Å². The van der Waals surface area contributed by atoms with E-state index in [0.717, 1.165) is 33.3 Å². The van der Waals surface area contributed by atoms with Crippen molar-refractivity contribution in [1.82, 2.24) is 9.78 Å². The van der Waals surface area contributed by atoms with Gasteiger partial charge in [0.05, 0.1) is 18.7 Å². The van der Waals surface area contributed by atoms with Crippen LogP contribution in [-0.2, 0) is 13.2 Å². The van der Waals surface area contributed by atoms with Gasteiger partial charge in [-0.1, -0.05) is 48.5 Å². The summed E-state index contributed by atoms with van der Waals surface area (Å²) in [4.78, 5) is 0. The van der Waals surface area contributed by atoms with Gasteiger partial charge in [0.25, 0.3) is 0 Å². The van der Waals surface area contributed by atoms with E-state index in [1.165, 1.54) is 12.1 Å². The summed E-state index contributed by atoms with van der Waals surface area (Å²) in [6.07, 6.45) is 0. The molecule has 0 spiro atoms. The predicted molar refractivity (Wildman–Crippen MR) is 101 cm³/mol. The molecule has 0 saturated carbocycles. The van der Waals surface area contributed by atoms with Crippen molar-refractivity contribution in [3.8, 4) is 11.3 Å². The van der Waals surface area contributed by atoms with Crippen LogP contribution < -0.4 is 0 Å². The van der Waals surface area contributed by atoms with Gasteiger partial charge in [-0.15, -0.1) is 0 Å². The quantitative estimate of drug-likeness (QED) is 0.582. The maximum atomic E-state index is 13.8. The Labute approximate surface area is 151 Å². The van der Waals surface area contributed by atoms with Gasteiger partial charge in [0.15, 0.2) is 0 Å². The largest absolute Gasteiger partial charge is 0.392 e. The molecule has 0 bridgehead atoms. The lowest BCUT2D eigenvalue weighted by Crippen LogP contribution is -2.02. The number of nitrogens with zero attached hydrogens (tertiary/aromatic N) is 2. The van der Waals surface area contributed by atoms with Crippen LogP contribution in [-0.4, -0.2) is 14.9 Å². The Morgan fingerprint density at radius 3 is 2.50 bits per heavy atom. The summed E-state index contributed by atoms with van der Waals surface area (Å²) in [5, 5.41) is 15.6. The fraction of sp³-hybridized carbons (Fsp3) is 0.136. The van der Waals surface area contributed by atoms with Crippen molar-refractivity contribution < 1.29 is 9.50 Å². The Morgan fingerprint density at radius 2 is 1.73 bits per heavy atom. The second kappa shape index (κ2) is 6.73. The zero-order valence-electron chi connectivity index (χ0n) is 14.5. The van der Waals surface area contributed by atoms with Gasteiger partial charge in [0.1, 0.15) is 11.5 Å². The molecule has 130 valence electrons. The van der Waals surface area contributed by atoms with Crippen molar-refractivity contribution in [2.75, 3.05) is 0 Å². The summed E-state index contributed by atoms with van der Waals surface area (Å²) in [5.74, 6) is -0.344. The monoisotopic (exact) mass is 346 g/mol. The molecule has 0 saturated heterocycles. The summed E-state index contributed by atoms with van der Waals surface area (Å²) in [6, 6.07) is 21.0. The van der Waals surface area contributed by atoms with Crippen LogP contribution in [0.2, 0.25) is 0 Å². The lowest BCUT2D eigenvalue weighted by Gasteiger charge is -2.10. The molecule has 4 rings (SSSR count). The predicted octanol–water partition coefficient (Wildman–Crippen LogP) is 4.69. The standard InChI is InChI=1S/C22H19FN2O/c1-15-11-18(23)12-17(14-26)21(15)22-19-9-5-6-10-20(19)25(24-22)13-16-7-3-2-4-8-16/h2-12,26H,13-14H2,1H3. The zero-order valence-corrected chi connectivity index (χ0v) is 14.5. The molecule has 26 heavy (non-hydrogen) atoms. The molecule has 1 aromatic heterocycles. The normalized spacial score (nSPS) is 11.2. The number of hydrogen-bond acceptors (Lipinski definition) is 2. The van der Waals surface area contributed by atoms with E-state index >= 15 is 0 Å². The van der Waals surface area contributed by atoms with E-state index in [1.54, 1.807) is 0 Å². The zero-order chi connectivity index (χ0) is 18.1. The number of aryl methyl sites for hydroxylation is 1. The number of para-hydroxylation sites is 1. The van der Waals surface area contributed by atoms with Crippen LogP contribution in [0, 0.1) is 12.7 Å². The number of aliphatic hydroxyl groups is 1. The van der Waals surface area contributed by atoms with E-state index in [1.807, 2.05) is 54.1 Å². The lowest BCUT2D eigenvalue weighted by atomic mass is 9.97. The van der Waals surface area contributed by atoms with Gasteiger partial charge in [-0.2, -0.15) is 5.10 Å². The number of aliphatic hydroxyl groups excluding tert-OH is 1. The molecule has 0 radical (unpaired) electrons. The highest BCUT2D eigenvalue weighted by Gasteiger charge is 2.18.